The Labute approximate surface area is 155 Å². The van der Waals surface area contributed by atoms with E-state index in [4.69, 9.17) is 9.84 Å². The van der Waals surface area contributed by atoms with Gasteiger partial charge in [0.05, 0.1) is 6.21 Å². The third kappa shape index (κ3) is 6.62. The quantitative estimate of drug-likeness (QED) is 0.391. The Morgan fingerprint density at radius 3 is 2.30 bits per heavy atom. The number of aliphatic carboxylic acids is 1. The zero-order valence-corrected chi connectivity index (χ0v) is 14.6. The number of ether oxygens (including phenoxy) is 1. The summed E-state index contributed by atoms with van der Waals surface area (Å²) in [7, 11) is 0. The van der Waals surface area contributed by atoms with E-state index in [0.29, 0.717) is 17.0 Å². The van der Waals surface area contributed by atoms with E-state index in [1.165, 1.54) is 6.21 Å². The molecule has 0 bridgehead atoms. The van der Waals surface area contributed by atoms with Crippen molar-refractivity contribution in [2.45, 2.75) is 13.3 Å². The lowest BCUT2D eigenvalue weighted by Crippen LogP contribution is -2.32. The van der Waals surface area contributed by atoms with Crippen molar-refractivity contribution in [3.8, 4) is 5.75 Å². The first-order valence-electron chi connectivity index (χ1n) is 8.16. The number of carbonyl (C=O) groups is 3. The van der Waals surface area contributed by atoms with Crippen LogP contribution < -0.4 is 15.5 Å². The van der Waals surface area contributed by atoms with Gasteiger partial charge in [-0.2, -0.15) is 5.10 Å². The first-order chi connectivity index (χ1) is 13.0. The lowest BCUT2D eigenvalue weighted by atomic mass is 10.1. The molecule has 27 heavy (non-hydrogen) atoms. The van der Waals surface area contributed by atoms with Crippen LogP contribution in [-0.2, 0) is 20.8 Å². The summed E-state index contributed by atoms with van der Waals surface area (Å²) in [6.07, 6.45) is 2.23. The predicted octanol–water partition coefficient (Wildman–Crippen LogP) is 1.80. The Morgan fingerprint density at radius 2 is 1.70 bits per heavy atom. The molecule has 0 saturated carbocycles. The summed E-state index contributed by atoms with van der Waals surface area (Å²) in [6, 6.07) is 13.6. The van der Waals surface area contributed by atoms with Crippen molar-refractivity contribution in [2.75, 3.05) is 11.9 Å². The molecule has 0 saturated heterocycles. The Kier molecular flexibility index (Phi) is 7.07. The van der Waals surface area contributed by atoms with Gasteiger partial charge in [0, 0.05) is 5.69 Å². The highest BCUT2D eigenvalue weighted by Crippen LogP contribution is 2.11. The van der Waals surface area contributed by atoms with Crippen LogP contribution in [0.4, 0.5) is 5.69 Å². The summed E-state index contributed by atoms with van der Waals surface area (Å²) in [6.45, 7) is 1.59. The summed E-state index contributed by atoms with van der Waals surface area (Å²) < 4.78 is 5.00. The fourth-order valence-electron chi connectivity index (χ4n) is 2.02. The molecule has 0 radical (unpaired) electrons. The number of hydrogen-bond donors (Lipinski definition) is 3. The highest BCUT2D eigenvalue weighted by Gasteiger charge is 2.12. The first-order valence-corrected chi connectivity index (χ1v) is 8.16. The van der Waals surface area contributed by atoms with Crippen molar-refractivity contribution in [2.24, 2.45) is 5.10 Å². The average molecular weight is 369 g/mol. The molecular weight excluding hydrogens is 350 g/mol. The van der Waals surface area contributed by atoms with E-state index in [1.54, 1.807) is 36.4 Å². The predicted molar refractivity (Wildman–Crippen MR) is 99.8 cm³/mol. The Bertz CT molecular complexity index is 829. The molecule has 8 nitrogen and oxygen atoms in total. The number of carboxylic acids is 1. The zero-order chi connectivity index (χ0) is 19.6. The standard InChI is InChI=1S/C19H19N3O5/c1-2-13-3-7-15(8-4-13)21-18(25)19(26)22-20-11-14-5-9-16(10-6-14)27-12-17(23)24/h3-11H,2,12H2,1H3,(H,21,25)(H,22,26)(H,23,24)/b20-11-. The number of rotatable bonds is 7. The van der Waals surface area contributed by atoms with Crippen molar-refractivity contribution >= 4 is 29.7 Å². The fourth-order valence-corrected chi connectivity index (χ4v) is 2.02. The number of hydrazone groups is 1. The summed E-state index contributed by atoms with van der Waals surface area (Å²) in [5, 5.41) is 14.7. The van der Waals surface area contributed by atoms with Crippen molar-refractivity contribution in [1.82, 2.24) is 5.43 Å². The van der Waals surface area contributed by atoms with Gasteiger partial charge in [0.25, 0.3) is 0 Å². The van der Waals surface area contributed by atoms with E-state index >= 15 is 0 Å². The average Bonchev–Trinajstić information content (AvgIpc) is 2.67. The molecule has 0 spiro atoms. The van der Waals surface area contributed by atoms with E-state index in [-0.39, 0.29) is 0 Å². The SMILES string of the molecule is CCc1ccc(NC(=O)C(=O)N/N=C\c2ccc(OCC(=O)O)cc2)cc1. The van der Waals surface area contributed by atoms with Crippen molar-refractivity contribution in [1.29, 1.82) is 0 Å². The largest absolute Gasteiger partial charge is 0.482 e. The number of nitrogens with zero attached hydrogens (tertiary/aromatic N) is 1. The van der Waals surface area contributed by atoms with Crippen LogP contribution in [0.5, 0.6) is 5.75 Å². The van der Waals surface area contributed by atoms with Gasteiger partial charge >= 0.3 is 17.8 Å². The molecule has 2 rings (SSSR count). The van der Waals surface area contributed by atoms with Gasteiger partial charge in [0.15, 0.2) is 6.61 Å². The Morgan fingerprint density at radius 1 is 1.04 bits per heavy atom. The summed E-state index contributed by atoms with van der Waals surface area (Å²) >= 11 is 0. The molecule has 0 heterocycles. The normalized spacial score (nSPS) is 10.4. The van der Waals surface area contributed by atoms with Crippen LogP contribution >= 0.6 is 0 Å². The number of aryl methyl sites for hydroxylation is 1. The van der Waals surface area contributed by atoms with Crippen molar-refractivity contribution < 1.29 is 24.2 Å². The highest BCUT2D eigenvalue weighted by atomic mass is 16.5. The molecule has 0 fully saturated rings. The van der Waals surface area contributed by atoms with Crippen LogP contribution in [0, 0.1) is 0 Å². The monoisotopic (exact) mass is 369 g/mol. The molecule has 2 aromatic carbocycles. The van der Waals surface area contributed by atoms with E-state index in [2.05, 4.69) is 15.8 Å². The molecule has 0 aliphatic heterocycles. The molecule has 2 amide bonds. The topological polar surface area (TPSA) is 117 Å². The van der Waals surface area contributed by atoms with Gasteiger partial charge in [-0.05, 0) is 53.9 Å². The first kappa shape index (κ1) is 19.6. The number of amides is 2. The maximum atomic E-state index is 11.8. The molecule has 0 aliphatic carbocycles. The maximum Gasteiger partial charge on any atom is 0.341 e. The van der Waals surface area contributed by atoms with Gasteiger partial charge in [-0.15, -0.1) is 0 Å². The number of nitrogens with one attached hydrogen (secondary N) is 2. The molecule has 3 N–H and O–H groups in total. The molecule has 8 heteroatoms. The number of hydrogen-bond acceptors (Lipinski definition) is 5. The summed E-state index contributed by atoms with van der Waals surface area (Å²) in [4.78, 5) is 34.0. The van der Waals surface area contributed by atoms with Crippen LogP contribution in [0.1, 0.15) is 18.1 Å². The third-order valence-corrected chi connectivity index (χ3v) is 3.45. The maximum absolute atomic E-state index is 11.8. The Hall–Kier alpha value is -3.68. The van der Waals surface area contributed by atoms with Crippen LogP contribution in [0.2, 0.25) is 0 Å². The van der Waals surface area contributed by atoms with Crippen LogP contribution in [0.3, 0.4) is 0 Å². The second-order valence-corrected chi connectivity index (χ2v) is 5.46. The lowest BCUT2D eigenvalue weighted by Gasteiger charge is -2.05. The number of benzene rings is 2. The molecular formula is C19H19N3O5. The van der Waals surface area contributed by atoms with Gasteiger partial charge in [-0.25, -0.2) is 10.2 Å². The van der Waals surface area contributed by atoms with Gasteiger partial charge in [0.1, 0.15) is 5.75 Å². The minimum Gasteiger partial charge on any atom is -0.482 e. The number of carbonyl (C=O) groups excluding carboxylic acids is 2. The van der Waals surface area contributed by atoms with Crippen molar-refractivity contribution in [3.63, 3.8) is 0 Å². The van der Waals surface area contributed by atoms with E-state index in [9.17, 15) is 14.4 Å². The molecule has 0 aliphatic rings. The van der Waals surface area contributed by atoms with Crippen molar-refractivity contribution in [3.05, 3.63) is 59.7 Å². The van der Waals surface area contributed by atoms with Crippen LogP contribution in [0.15, 0.2) is 53.6 Å². The van der Waals surface area contributed by atoms with Gasteiger partial charge < -0.3 is 15.2 Å². The lowest BCUT2D eigenvalue weighted by molar-refractivity contribution is -0.139. The van der Waals surface area contributed by atoms with E-state index in [0.717, 1.165) is 12.0 Å². The van der Waals surface area contributed by atoms with E-state index in [1.807, 2.05) is 19.1 Å². The van der Waals surface area contributed by atoms with E-state index < -0.39 is 24.4 Å². The molecule has 0 atom stereocenters. The minimum atomic E-state index is -1.07. The Balaban J connectivity index is 1.82. The highest BCUT2D eigenvalue weighted by molar-refractivity contribution is 6.39. The number of carboxylic acid groups (broad SMARTS) is 1. The van der Waals surface area contributed by atoms with Gasteiger partial charge in [-0.3, -0.25) is 9.59 Å². The molecule has 0 aromatic heterocycles. The molecule has 140 valence electrons. The fraction of sp³-hybridized carbons (Fsp3) is 0.158. The second-order valence-electron chi connectivity index (χ2n) is 5.46. The second kappa shape index (κ2) is 9.71. The summed E-state index contributed by atoms with van der Waals surface area (Å²) in [5.41, 5.74) is 4.42. The van der Waals surface area contributed by atoms with Gasteiger partial charge in [0.2, 0.25) is 0 Å². The third-order valence-electron chi connectivity index (χ3n) is 3.45. The van der Waals surface area contributed by atoms with Crippen LogP contribution in [0.25, 0.3) is 0 Å². The molecule has 2 aromatic rings. The van der Waals surface area contributed by atoms with Crippen LogP contribution in [-0.4, -0.2) is 35.7 Å². The number of anilines is 1. The summed E-state index contributed by atoms with van der Waals surface area (Å²) in [5.74, 6) is -2.39. The zero-order valence-electron chi connectivity index (χ0n) is 14.6. The van der Waals surface area contributed by atoms with Gasteiger partial charge in [-0.1, -0.05) is 19.1 Å². The minimum absolute atomic E-state index is 0.395. The smallest absolute Gasteiger partial charge is 0.341 e. The molecule has 0 unspecified atom stereocenters.